The molecule has 7 nitrogen and oxygen atoms in total. The number of nitrogens with one attached hydrogen (secondary N) is 1. The number of benzene rings is 2. The molecule has 0 aliphatic carbocycles. The molecule has 1 amide bonds. The van der Waals surface area contributed by atoms with Crippen molar-refractivity contribution in [1.29, 1.82) is 0 Å². The van der Waals surface area contributed by atoms with Gasteiger partial charge in [0.05, 0.1) is 4.90 Å². The van der Waals surface area contributed by atoms with Crippen molar-refractivity contribution in [3.63, 3.8) is 0 Å². The Morgan fingerprint density at radius 3 is 2.50 bits per heavy atom. The van der Waals surface area contributed by atoms with Crippen LogP contribution < -0.4 is 10.5 Å². The summed E-state index contributed by atoms with van der Waals surface area (Å²) in [7, 11) is -3.70. The van der Waals surface area contributed by atoms with Crippen LogP contribution >= 0.6 is 11.3 Å². The maximum Gasteiger partial charge on any atom is 0.238 e. The molecule has 0 fully saturated rings. The van der Waals surface area contributed by atoms with Gasteiger partial charge in [-0.15, -0.1) is 11.3 Å². The number of thiazole rings is 1. The van der Waals surface area contributed by atoms with Gasteiger partial charge in [-0.2, -0.15) is 0 Å². The molecule has 0 unspecified atom stereocenters. The van der Waals surface area contributed by atoms with Gasteiger partial charge < -0.3 is 9.73 Å². The van der Waals surface area contributed by atoms with Crippen molar-refractivity contribution in [3.8, 4) is 11.3 Å². The molecular formula is C23H21N3O4S2. The van der Waals surface area contributed by atoms with Crippen LogP contribution in [0.4, 0.5) is 5.13 Å². The van der Waals surface area contributed by atoms with Gasteiger partial charge in [0.1, 0.15) is 11.5 Å². The Labute approximate surface area is 190 Å². The molecule has 32 heavy (non-hydrogen) atoms. The number of amides is 1. The van der Waals surface area contributed by atoms with Gasteiger partial charge in [0.15, 0.2) is 5.13 Å². The molecule has 4 rings (SSSR count). The maximum absolute atomic E-state index is 12.3. The summed E-state index contributed by atoms with van der Waals surface area (Å²) in [6.07, 6.45) is 3.05. The minimum Gasteiger partial charge on any atom is -0.461 e. The molecule has 2 aromatic heterocycles. The summed E-state index contributed by atoms with van der Waals surface area (Å²) in [6.45, 7) is 0. The van der Waals surface area contributed by atoms with Crippen molar-refractivity contribution in [2.24, 2.45) is 5.14 Å². The summed E-state index contributed by atoms with van der Waals surface area (Å²) >= 11 is 1.38. The van der Waals surface area contributed by atoms with Crippen LogP contribution in [-0.4, -0.2) is 19.3 Å². The van der Waals surface area contributed by atoms with Crippen LogP contribution in [-0.2, 0) is 27.7 Å². The molecule has 0 radical (unpaired) electrons. The molecule has 164 valence electrons. The Bertz CT molecular complexity index is 1310. The van der Waals surface area contributed by atoms with E-state index in [9.17, 15) is 13.2 Å². The number of nitrogens with zero attached hydrogens (tertiary/aromatic N) is 1. The zero-order chi connectivity index (χ0) is 22.6. The van der Waals surface area contributed by atoms with E-state index < -0.39 is 10.0 Å². The molecular weight excluding hydrogens is 446 g/mol. The lowest BCUT2D eigenvalue weighted by Crippen LogP contribution is -2.11. The highest BCUT2D eigenvalue weighted by atomic mass is 32.2. The minimum atomic E-state index is -3.70. The minimum absolute atomic E-state index is 0.0750. The molecule has 0 aliphatic heterocycles. The van der Waals surface area contributed by atoms with Crippen molar-refractivity contribution in [1.82, 2.24) is 4.98 Å². The molecule has 4 aromatic rings. The fourth-order valence-electron chi connectivity index (χ4n) is 3.13. The summed E-state index contributed by atoms with van der Waals surface area (Å²) in [5.74, 6) is 1.39. The molecule has 0 saturated carbocycles. The quantitative estimate of drug-likeness (QED) is 0.403. The van der Waals surface area contributed by atoms with E-state index in [1.54, 1.807) is 18.3 Å². The Morgan fingerprint density at radius 2 is 1.78 bits per heavy atom. The third-order valence-electron chi connectivity index (χ3n) is 4.75. The van der Waals surface area contributed by atoms with Crippen LogP contribution in [0.25, 0.3) is 11.3 Å². The number of hydrogen-bond acceptors (Lipinski definition) is 6. The van der Waals surface area contributed by atoms with Gasteiger partial charge in [-0.3, -0.25) is 4.79 Å². The first-order chi connectivity index (χ1) is 15.4. The van der Waals surface area contributed by atoms with Crippen LogP contribution in [0.2, 0.25) is 0 Å². The SMILES string of the molecule is NS(=O)(=O)c1ccc(Cc2cnc(NC(=O)CCc3ccc(-c4ccccc4)o3)s2)cc1. The molecule has 2 heterocycles. The first-order valence-electron chi connectivity index (χ1n) is 9.87. The molecule has 0 aliphatic rings. The van der Waals surface area contributed by atoms with Crippen LogP contribution in [0.5, 0.6) is 0 Å². The lowest BCUT2D eigenvalue weighted by Gasteiger charge is -2.02. The zero-order valence-electron chi connectivity index (χ0n) is 17.0. The van der Waals surface area contributed by atoms with E-state index in [4.69, 9.17) is 9.56 Å². The number of hydrogen-bond donors (Lipinski definition) is 2. The smallest absolute Gasteiger partial charge is 0.238 e. The van der Waals surface area contributed by atoms with Crippen LogP contribution in [0.15, 0.2) is 82.2 Å². The number of nitrogens with two attached hydrogens (primary N) is 1. The van der Waals surface area contributed by atoms with Crippen LogP contribution in [0.3, 0.4) is 0 Å². The molecule has 0 bridgehead atoms. The van der Waals surface area contributed by atoms with E-state index in [0.29, 0.717) is 18.0 Å². The Hall–Kier alpha value is -3.27. The predicted octanol–water partition coefficient (Wildman–Crippen LogP) is 4.21. The van der Waals surface area contributed by atoms with E-state index in [0.717, 1.165) is 27.5 Å². The lowest BCUT2D eigenvalue weighted by molar-refractivity contribution is -0.116. The topological polar surface area (TPSA) is 115 Å². The number of carbonyl (C=O) groups is 1. The number of rotatable bonds is 8. The summed E-state index contributed by atoms with van der Waals surface area (Å²) < 4.78 is 28.5. The summed E-state index contributed by atoms with van der Waals surface area (Å²) in [6, 6.07) is 20.0. The fraction of sp³-hybridized carbons (Fsp3) is 0.130. The highest BCUT2D eigenvalue weighted by Gasteiger charge is 2.11. The average molecular weight is 468 g/mol. The highest BCUT2D eigenvalue weighted by Crippen LogP contribution is 2.24. The number of primary sulfonamides is 1. The Kier molecular flexibility index (Phi) is 6.50. The number of anilines is 1. The molecule has 0 saturated heterocycles. The second-order valence-electron chi connectivity index (χ2n) is 7.18. The zero-order valence-corrected chi connectivity index (χ0v) is 18.7. The van der Waals surface area contributed by atoms with Crippen molar-refractivity contribution < 1.29 is 17.6 Å². The Morgan fingerprint density at radius 1 is 1.03 bits per heavy atom. The second kappa shape index (κ2) is 9.47. The van der Waals surface area contributed by atoms with Crippen LogP contribution in [0.1, 0.15) is 22.6 Å². The van der Waals surface area contributed by atoms with Gasteiger partial charge >= 0.3 is 0 Å². The molecule has 3 N–H and O–H groups in total. The van der Waals surface area contributed by atoms with Crippen molar-refractivity contribution in [2.45, 2.75) is 24.2 Å². The van der Waals surface area contributed by atoms with Gasteiger partial charge in [0.25, 0.3) is 0 Å². The molecule has 0 spiro atoms. The van der Waals surface area contributed by atoms with E-state index in [2.05, 4.69) is 10.3 Å². The Balaban J connectivity index is 1.29. The third-order valence-corrected chi connectivity index (χ3v) is 6.59. The lowest BCUT2D eigenvalue weighted by atomic mass is 10.1. The van der Waals surface area contributed by atoms with Crippen molar-refractivity contribution in [3.05, 3.63) is 89.1 Å². The maximum atomic E-state index is 12.3. The highest BCUT2D eigenvalue weighted by molar-refractivity contribution is 7.89. The predicted molar refractivity (Wildman–Crippen MR) is 124 cm³/mol. The number of carbonyl (C=O) groups excluding carboxylic acids is 1. The number of aromatic nitrogens is 1. The number of sulfonamides is 1. The molecule has 0 atom stereocenters. The van der Waals surface area contributed by atoms with Gasteiger partial charge in [-0.05, 0) is 29.8 Å². The summed E-state index contributed by atoms with van der Waals surface area (Å²) in [5.41, 5.74) is 1.92. The van der Waals surface area contributed by atoms with E-state index in [1.807, 2.05) is 42.5 Å². The monoisotopic (exact) mass is 467 g/mol. The summed E-state index contributed by atoms with van der Waals surface area (Å²) in [5, 5.41) is 8.46. The average Bonchev–Trinajstić information content (AvgIpc) is 3.42. The van der Waals surface area contributed by atoms with E-state index >= 15 is 0 Å². The van der Waals surface area contributed by atoms with E-state index in [1.165, 1.54) is 23.5 Å². The first-order valence-corrected chi connectivity index (χ1v) is 12.2. The van der Waals surface area contributed by atoms with Gasteiger partial charge in [0, 0.05) is 35.9 Å². The first kappa shape index (κ1) is 21.9. The van der Waals surface area contributed by atoms with Gasteiger partial charge in [-0.1, -0.05) is 42.5 Å². The van der Waals surface area contributed by atoms with Crippen molar-refractivity contribution in [2.75, 3.05) is 5.32 Å². The fourth-order valence-corrected chi connectivity index (χ4v) is 4.51. The largest absolute Gasteiger partial charge is 0.461 e. The van der Waals surface area contributed by atoms with Crippen LogP contribution in [0, 0.1) is 0 Å². The molecule has 9 heteroatoms. The normalized spacial score (nSPS) is 11.4. The number of furan rings is 1. The van der Waals surface area contributed by atoms with Crippen molar-refractivity contribution >= 4 is 32.4 Å². The standard InChI is InChI=1S/C23H21N3O4S2/c24-32(28,29)20-10-6-16(7-11-20)14-19-15-25-23(31-19)26-22(27)13-9-18-8-12-21(30-18)17-4-2-1-3-5-17/h1-8,10-12,15H,9,13-14H2,(H2,24,28,29)(H,25,26,27). The van der Waals surface area contributed by atoms with Gasteiger partial charge in [0.2, 0.25) is 15.9 Å². The number of aryl methyl sites for hydroxylation is 1. The third kappa shape index (κ3) is 5.70. The van der Waals surface area contributed by atoms with E-state index in [-0.39, 0.29) is 17.2 Å². The summed E-state index contributed by atoms with van der Waals surface area (Å²) in [4.78, 5) is 17.6. The second-order valence-corrected chi connectivity index (χ2v) is 9.85. The molecule has 2 aromatic carbocycles. The van der Waals surface area contributed by atoms with Gasteiger partial charge in [-0.25, -0.2) is 18.5 Å².